The Bertz CT molecular complexity index is 1050. The van der Waals surface area contributed by atoms with Gasteiger partial charge in [0.15, 0.2) is 6.61 Å². The van der Waals surface area contributed by atoms with E-state index in [1.165, 1.54) is 11.3 Å². The largest absolute Gasteiger partial charge is 0.452 e. The topological polar surface area (TPSA) is 88.6 Å². The molecule has 0 aliphatic carbocycles. The zero-order valence-electron chi connectivity index (χ0n) is 14.9. The van der Waals surface area contributed by atoms with Gasteiger partial charge in [-0.1, -0.05) is 0 Å². The Hall–Kier alpha value is -3.26. The van der Waals surface area contributed by atoms with Crippen LogP contribution >= 0.6 is 11.3 Å². The molecule has 1 aliphatic rings. The molecule has 0 saturated carbocycles. The van der Waals surface area contributed by atoms with Crippen LogP contribution in [0.25, 0.3) is 10.2 Å². The van der Waals surface area contributed by atoms with Crippen molar-refractivity contribution in [1.29, 1.82) is 0 Å². The van der Waals surface area contributed by atoms with Crippen LogP contribution in [-0.4, -0.2) is 35.9 Å². The summed E-state index contributed by atoms with van der Waals surface area (Å²) in [5.74, 6) is -0.884. The molecule has 2 aromatic carbocycles. The fourth-order valence-electron chi connectivity index (χ4n) is 3.04. The monoisotopic (exact) mass is 395 g/mol. The lowest BCUT2D eigenvalue weighted by Crippen LogP contribution is -2.23. The Kier molecular flexibility index (Phi) is 5.03. The van der Waals surface area contributed by atoms with Crippen LogP contribution in [0.5, 0.6) is 0 Å². The van der Waals surface area contributed by atoms with Crippen molar-refractivity contribution in [3.05, 3.63) is 53.5 Å². The Labute approximate surface area is 164 Å². The normalized spacial score (nSPS) is 13.7. The molecule has 0 unspecified atom stereocenters. The molecule has 8 heteroatoms. The van der Waals surface area contributed by atoms with Crippen molar-refractivity contribution in [2.24, 2.45) is 0 Å². The van der Waals surface area contributed by atoms with Crippen LogP contribution in [0, 0.1) is 0 Å². The molecular weight excluding hydrogens is 378 g/mol. The van der Waals surface area contributed by atoms with Crippen LogP contribution < -0.4 is 10.2 Å². The number of anilines is 2. The maximum absolute atomic E-state index is 12.1. The van der Waals surface area contributed by atoms with Gasteiger partial charge in [0.05, 0.1) is 21.3 Å². The first kappa shape index (κ1) is 18.1. The second kappa shape index (κ2) is 7.77. The van der Waals surface area contributed by atoms with E-state index in [2.05, 4.69) is 10.3 Å². The maximum atomic E-state index is 12.1. The molecule has 142 valence electrons. The average molecular weight is 395 g/mol. The van der Waals surface area contributed by atoms with Crippen LogP contribution in [0.1, 0.15) is 23.2 Å². The number of benzene rings is 2. The number of carbonyl (C=O) groups is 3. The summed E-state index contributed by atoms with van der Waals surface area (Å²) in [7, 11) is 0. The molecule has 1 N–H and O–H groups in total. The third-order valence-electron chi connectivity index (χ3n) is 4.44. The van der Waals surface area contributed by atoms with Gasteiger partial charge in [-0.3, -0.25) is 9.59 Å². The molecule has 2 heterocycles. The minimum atomic E-state index is -0.562. The lowest BCUT2D eigenvalue weighted by atomic mass is 10.2. The number of fused-ring (bicyclic) bond motifs is 1. The SMILES string of the molecule is O=C(COC(=O)c1ccc2ncsc2c1)Nc1ccc(N2CCCC2=O)cc1. The predicted molar refractivity (Wildman–Crippen MR) is 107 cm³/mol. The first-order chi connectivity index (χ1) is 13.6. The van der Waals surface area contributed by atoms with E-state index in [9.17, 15) is 14.4 Å². The zero-order chi connectivity index (χ0) is 19.5. The Balaban J connectivity index is 1.31. The molecular formula is C20H17N3O4S. The van der Waals surface area contributed by atoms with Crippen LogP contribution in [0.15, 0.2) is 48.0 Å². The van der Waals surface area contributed by atoms with Gasteiger partial charge in [0.25, 0.3) is 5.91 Å². The van der Waals surface area contributed by atoms with Crippen molar-refractivity contribution >= 4 is 50.7 Å². The summed E-state index contributed by atoms with van der Waals surface area (Å²) in [5, 5.41) is 2.68. The molecule has 0 spiro atoms. The summed E-state index contributed by atoms with van der Waals surface area (Å²) >= 11 is 1.43. The lowest BCUT2D eigenvalue weighted by molar-refractivity contribution is -0.119. The molecule has 1 aliphatic heterocycles. The second-order valence-corrected chi connectivity index (χ2v) is 7.24. The van der Waals surface area contributed by atoms with Gasteiger partial charge in [-0.25, -0.2) is 9.78 Å². The molecule has 1 saturated heterocycles. The van der Waals surface area contributed by atoms with Crippen LogP contribution in [0.3, 0.4) is 0 Å². The zero-order valence-corrected chi connectivity index (χ0v) is 15.7. The van der Waals surface area contributed by atoms with Crippen LogP contribution in [0.2, 0.25) is 0 Å². The van der Waals surface area contributed by atoms with E-state index in [4.69, 9.17) is 4.74 Å². The number of thiazole rings is 1. The van der Waals surface area contributed by atoms with Crippen molar-refractivity contribution in [1.82, 2.24) is 4.98 Å². The molecule has 3 aromatic rings. The molecule has 1 aromatic heterocycles. The number of amides is 2. The summed E-state index contributed by atoms with van der Waals surface area (Å²) in [6.07, 6.45) is 1.43. The Morgan fingerprint density at radius 3 is 2.75 bits per heavy atom. The molecule has 0 bridgehead atoms. The number of esters is 1. The number of carbonyl (C=O) groups excluding carboxylic acids is 3. The first-order valence-corrected chi connectivity index (χ1v) is 9.69. The highest BCUT2D eigenvalue weighted by Gasteiger charge is 2.21. The number of ether oxygens (including phenoxy) is 1. The van der Waals surface area contributed by atoms with Gasteiger partial charge in [-0.15, -0.1) is 11.3 Å². The molecule has 0 radical (unpaired) electrons. The van der Waals surface area contributed by atoms with Crippen LogP contribution in [-0.2, 0) is 14.3 Å². The minimum Gasteiger partial charge on any atom is -0.452 e. The van der Waals surface area contributed by atoms with E-state index in [0.717, 1.165) is 22.3 Å². The van der Waals surface area contributed by atoms with E-state index < -0.39 is 11.9 Å². The number of aromatic nitrogens is 1. The molecule has 7 nitrogen and oxygen atoms in total. The molecule has 1 fully saturated rings. The highest BCUT2D eigenvalue weighted by molar-refractivity contribution is 7.16. The summed E-state index contributed by atoms with van der Waals surface area (Å²) in [5.41, 5.74) is 4.29. The number of nitrogens with one attached hydrogen (secondary N) is 1. The van der Waals surface area contributed by atoms with Crippen molar-refractivity contribution in [2.75, 3.05) is 23.4 Å². The van der Waals surface area contributed by atoms with Crippen molar-refractivity contribution in [3.8, 4) is 0 Å². The highest BCUT2D eigenvalue weighted by atomic mass is 32.1. The predicted octanol–water partition coefficient (Wildman–Crippen LogP) is 3.22. The number of rotatable bonds is 5. The Morgan fingerprint density at radius 1 is 1.18 bits per heavy atom. The summed E-state index contributed by atoms with van der Waals surface area (Å²) < 4.78 is 5.97. The van der Waals surface area contributed by atoms with Gasteiger partial charge in [-0.2, -0.15) is 0 Å². The van der Waals surface area contributed by atoms with Crippen molar-refractivity contribution in [3.63, 3.8) is 0 Å². The van der Waals surface area contributed by atoms with Gasteiger partial charge in [-0.05, 0) is 48.9 Å². The number of hydrogen-bond acceptors (Lipinski definition) is 6. The Morgan fingerprint density at radius 2 is 2.00 bits per heavy atom. The van der Waals surface area contributed by atoms with Gasteiger partial charge in [0.2, 0.25) is 5.91 Å². The number of nitrogens with zero attached hydrogens (tertiary/aromatic N) is 2. The number of hydrogen-bond donors (Lipinski definition) is 1. The lowest BCUT2D eigenvalue weighted by Gasteiger charge is -2.16. The standard InChI is InChI=1S/C20H17N3O4S/c24-18(11-27-20(26)13-3-8-16-17(10-13)28-12-21-16)22-14-4-6-15(7-5-14)23-9-1-2-19(23)25/h3-8,10,12H,1-2,9,11H2,(H,22,24). The average Bonchev–Trinajstić information content (AvgIpc) is 3.35. The van der Waals surface area contributed by atoms with Gasteiger partial charge in [0.1, 0.15) is 0 Å². The van der Waals surface area contributed by atoms with E-state index in [-0.39, 0.29) is 12.5 Å². The van der Waals surface area contributed by atoms with E-state index >= 15 is 0 Å². The third kappa shape index (κ3) is 3.86. The first-order valence-electron chi connectivity index (χ1n) is 8.81. The van der Waals surface area contributed by atoms with Crippen LogP contribution in [0.4, 0.5) is 11.4 Å². The highest BCUT2D eigenvalue weighted by Crippen LogP contribution is 2.23. The minimum absolute atomic E-state index is 0.111. The molecule has 2 amide bonds. The molecule has 4 rings (SSSR count). The van der Waals surface area contributed by atoms with Crippen molar-refractivity contribution < 1.29 is 19.1 Å². The third-order valence-corrected chi connectivity index (χ3v) is 5.23. The van der Waals surface area contributed by atoms with E-state index in [0.29, 0.717) is 24.2 Å². The fraction of sp³-hybridized carbons (Fsp3) is 0.200. The van der Waals surface area contributed by atoms with E-state index in [1.807, 2.05) is 0 Å². The summed E-state index contributed by atoms with van der Waals surface area (Å²) in [4.78, 5) is 41.8. The van der Waals surface area contributed by atoms with Gasteiger partial charge < -0.3 is 15.0 Å². The fourth-order valence-corrected chi connectivity index (χ4v) is 3.76. The summed E-state index contributed by atoms with van der Waals surface area (Å²) in [6.45, 7) is 0.333. The second-order valence-electron chi connectivity index (χ2n) is 6.35. The smallest absolute Gasteiger partial charge is 0.338 e. The van der Waals surface area contributed by atoms with Crippen molar-refractivity contribution in [2.45, 2.75) is 12.8 Å². The van der Waals surface area contributed by atoms with E-state index in [1.54, 1.807) is 52.9 Å². The van der Waals surface area contributed by atoms with Gasteiger partial charge in [0, 0.05) is 24.3 Å². The molecule has 28 heavy (non-hydrogen) atoms. The molecule has 0 atom stereocenters. The maximum Gasteiger partial charge on any atom is 0.338 e. The quantitative estimate of drug-likeness (QED) is 0.670. The van der Waals surface area contributed by atoms with Gasteiger partial charge >= 0.3 is 5.97 Å². The summed E-state index contributed by atoms with van der Waals surface area (Å²) in [6, 6.07) is 12.1.